The zero-order chi connectivity index (χ0) is 23.3. The summed E-state index contributed by atoms with van der Waals surface area (Å²) < 4.78 is 6.18. The van der Waals surface area contributed by atoms with Gasteiger partial charge in [0.05, 0.1) is 11.4 Å². The van der Waals surface area contributed by atoms with Crippen LogP contribution in [0, 0.1) is 6.92 Å². The SMILES string of the molecule is Cc1ncccc1Oc1cc(Sc2ccccn2)cnc1Nc1nc(C(C)(O)CCO)cs1. The fourth-order valence-electron chi connectivity index (χ4n) is 2.90. The van der Waals surface area contributed by atoms with E-state index in [0.29, 0.717) is 28.1 Å². The lowest BCUT2D eigenvalue weighted by Gasteiger charge is -2.19. The molecule has 0 fully saturated rings. The normalized spacial score (nSPS) is 12.8. The van der Waals surface area contributed by atoms with E-state index in [-0.39, 0.29) is 13.0 Å². The van der Waals surface area contributed by atoms with E-state index < -0.39 is 5.60 Å². The van der Waals surface area contributed by atoms with Crippen molar-refractivity contribution in [2.75, 3.05) is 11.9 Å². The Labute approximate surface area is 199 Å². The highest BCUT2D eigenvalue weighted by Crippen LogP contribution is 2.37. The summed E-state index contributed by atoms with van der Waals surface area (Å²) in [5.41, 5.74) is 0.0216. The minimum Gasteiger partial charge on any atom is -0.452 e. The van der Waals surface area contributed by atoms with E-state index in [1.807, 2.05) is 43.3 Å². The number of hydrogen-bond acceptors (Lipinski definition) is 10. The van der Waals surface area contributed by atoms with Gasteiger partial charge in [0.15, 0.2) is 16.7 Å². The summed E-state index contributed by atoms with van der Waals surface area (Å²) in [5.74, 6) is 1.60. The predicted octanol–water partition coefficient (Wildman–Crippen LogP) is 4.91. The number of anilines is 2. The van der Waals surface area contributed by atoms with Gasteiger partial charge in [0.25, 0.3) is 0 Å². The summed E-state index contributed by atoms with van der Waals surface area (Å²) in [6.07, 6.45) is 5.39. The summed E-state index contributed by atoms with van der Waals surface area (Å²) in [6.45, 7) is 3.37. The largest absolute Gasteiger partial charge is 0.452 e. The number of nitrogens with zero attached hydrogens (tertiary/aromatic N) is 4. The van der Waals surface area contributed by atoms with E-state index in [1.165, 1.54) is 23.1 Å². The number of aliphatic hydroxyl groups is 2. The number of thiazole rings is 1. The smallest absolute Gasteiger partial charge is 0.188 e. The molecular weight excluding hydrogens is 458 g/mol. The van der Waals surface area contributed by atoms with Crippen LogP contribution in [-0.2, 0) is 5.60 Å². The van der Waals surface area contributed by atoms with Gasteiger partial charge in [-0.15, -0.1) is 11.3 Å². The van der Waals surface area contributed by atoms with E-state index in [1.54, 1.807) is 30.9 Å². The molecule has 0 bridgehead atoms. The molecule has 0 amide bonds. The molecular formula is C23H23N5O3S2. The molecule has 4 aromatic rings. The van der Waals surface area contributed by atoms with E-state index >= 15 is 0 Å². The van der Waals surface area contributed by atoms with Crippen molar-refractivity contribution in [1.82, 2.24) is 19.9 Å². The number of hydrogen-bond donors (Lipinski definition) is 3. The molecule has 1 atom stereocenters. The predicted molar refractivity (Wildman–Crippen MR) is 128 cm³/mol. The van der Waals surface area contributed by atoms with Crippen molar-refractivity contribution in [3.63, 3.8) is 0 Å². The van der Waals surface area contributed by atoms with Gasteiger partial charge in [-0.3, -0.25) is 4.98 Å². The Morgan fingerprint density at radius 1 is 1.12 bits per heavy atom. The van der Waals surface area contributed by atoms with Crippen LogP contribution in [0.15, 0.2) is 70.3 Å². The van der Waals surface area contributed by atoms with Gasteiger partial charge in [0.2, 0.25) is 0 Å². The summed E-state index contributed by atoms with van der Waals surface area (Å²) >= 11 is 2.81. The molecule has 170 valence electrons. The number of pyridine rings is 3. The first-order valence-electron chi connectivity index (χ1n) is 10.2. The Balaban J connectivity index is 1.63. The van der Waals surface area contributed by atoms with Crippen molar-refractivity contribution in [2.45, 2.75) is 35.8 Å². The zero-order valence-electron chi connectivity index (χ0n) is 18.1. The van der Waals surface area contributed by atoms with Gasteiger partial charge in [0.1, 0.15) is 16.4 Å². The van der Waals surface area contributed by atoms with Crippen LogP contribution in [0.5, 0.6) is 11.5 Å². The molecule has 0 aromatic carbocycles. The van der Waals surface area contributed by atoms with Gasteiger partial charge >= 0.3 is 0 Å². The Kier molecular flexibility index (Phi) is 7.19. The Morgan fingerprint density at radius 2 is 1.97 bits per heavy atom. The first-order chi connectivity index (χ1) is 15.9. The molecule has 4 rings (SSSR count). The minimum absolute atomic E-state index is 0.132. The van der Waals surface area contributed by atoms with Crippen LogP contribution in [0.4, 0.5) is 10.9 Å². The Bertz CT molecular complexity index is 1220. The molecule has 4 aromatic heterocycles. The fourth-order valence-corrected chi connectivity index (χ4v) is 4.51. The number of aliphatic hydroxyl groups excluding tert-OH is 1. The minimum atomic E-state index is -1.21. The first kappa shape index (κ1) is 23.1. The number of ether oxygens (including phenoxy) is 1. The van der Waals surface area contributed by atoms with E-state index in [9.17, 15) is 10.2 Å². The van der Waals surface area contributed by atoms with Crippen molar-refractivity contribution in [1.29, 1.82) is 0 Å². The molecule has 10 heteroatoms. The van der Waals surface area contributed by atoms with Gasteiger partial charge in [-0.2, -0.15) is 0 Å². The second-order valence-electron chi connectivity index (χ2n) is 7.39. The Hall–Kier alpha value is -3.05. The highest BCUT2D eigenvalue weighted by Gasteiger charge is 2.26. The van der Waals surface area contributed by atoms with Crippen LogP contribution < -0.4 is 10.1 Å². The maximum Gasteiger partial charge on any atom is 0.188 e. The van der Waals surface area contributed by atoms with E-state index in [2.05, 4.69) is 25.3 Å². The molecule has 0 spiro atoms. The topological polar surface area (TPSA) is 113 Å². The molecule has 3 N–H and O–H groups in total. The average molecular weight is 482 g/mol. The lowest BCUT2D eigenvalue weighted by atomic mass is 10.00. The molecule has 4 heterocycles. The Morgan fingerprint density at radius 3 is 2.73 bits per heavy atom. The van der Waals surface area contributed by atoms with Gasteiger partial charge in [0, 0.05) is 48.0 Å². The number of rotatable bonds is 9. The average Bonchev–Trinajstić information content (AvgIpc) is 3.27. The molecule has 0 aliphatic carbocycles. The van der Waals surface area contributed by atoms with Gasteiger partial charge in [-0.05, 0) is 38.1 Å². The van der Waals surface area contributed by atoms with E-state index in [4.69, 9.17) is 4.74 Å². The van der Waals surface area contributed by atoms with Crippen LogP contribution in [0.1, 0.15) is 24.7 Å². The van der Waals surface area contributed by atoms with Crippen molar-refractivity contribution in [3.8, 4) is 11.5 Å². The number of nitrogens with one attached hydrogen (secondary N) is 1. The van der Waals surface area contributed by atoms with Crippen molar-refractivity contribution >= 4 is 34.0 Å². The lowest BCUT2D eigenvalue weighted by molar-refractivity contribution is 0.0265. The van der Waals surface area contributed by atoms with Crippen molar-refractivity contribution in [3.05, 3.63) is 71.8 Å². The second-order valence-corrected chi connectivity index (χ2v) is 9.34. The molecule has 0 aliphatic rings. The van der Waals surface area contributed by atoms with Crippen LogP contribution in [0.3, 0.4) is 0 Å². The molecule has 0 saturated heterocycles. The standard InChI is InChI=1S/C23H23N5O3S2/c1-15-17(6-5-10-24-15)31-18-12-16(33-20-7-3-4-9-25-20)13-26-21(18)28-22-27-19(14-32-22)23(2,30)8-11-29/h3-7,9-10,12-14,29-30H,8,11H2,1-2H3,(H,26,27,28). The summed E-state index contributed by atoms with van der Waals surface area (Å²) in [4.78, 5) is 18.5. The van der Waals surface area contributed by atoms with Crippen molar-refractivity contribution in [2.24, 2.45) is 0 Å². The van der Waals surface area contributed by atoms with Gasteiger partial charge in [-0.1, -0.05) is 17.8 Å². The molecule has 0 saturated carbocycles. The second kappa shape index (κ2) is 10.3. The first-order valence-corrected chi connectivity index (χ1v) is 11.9. The van der Waals surface area contributed by atoms with Crippen LogP contribution >= 0.6 is 23.1 Å². The highest BCUT2D eigenvalue weighted by molar-refractivity contribution is 7.99. The van der Waals surface area contributed by atoms with Crippen LogP contribution in [0.2, 0.25) is 0 Å². The molecule has 0 radical (unpaired) electrons. The third kappa shape index (κ3) is 5.85. The molecule has 0 aliphatic heterocycles. The maximum absolute atomic E-state index is 10.5. The third-order valence-electron chi connectivity index (χ3n) is 4.75. The fraction of sp³-hybridized carbons (Fsp3) is 0.217. The molecule has 8 nitrogen and oxygen atoms in total. The summed E-state index contributed by atoms with van der Waals surface area (Å²) in [6, 6.07) is 11.3. The van der Waals surface area contributed by atoms with Crippen LogP contribution in [0.25, 0.3) is 0 Å². The number of aromatic nitrogens is 4. The quantitative estimate of drug-likeness (QED) is 0.307. The van der Waals surface area contributed by atoms with E-state index in [0.717, 1.165) is 15.6 Å². The molecule has 1 unspecified atom stereocenters. The number of aryl methyl sites for hydroxylation is 1. The third-order valence-corrected chi connectivity index (χ3v) is 6.41. The van der Waals surface area contributed by atoms with Gasteiger partial charge < -0.3 is 20.3 Å². The van der Waals surface area contributed by atoms with Crippen molar-refractivity contribution < 1.29 is 14.9 Å². The summed E-state index contributed by atoms with van der Waals surface area (Å²) in [5, 5.41) is 26.1. The zero-order valence-corrected chi connectivity index (χ0v) is 19.7. The lowest BCUT2D eigenvalue weighted by Crippen LogP contribution is -2.23. The monoisotopic (exact) mass is 481 g/mol. The highest BCUT2D eigenvalue weighted by atomic mass is 32.2. The molecule has 33 heavy (non-hydrogen) atoms. The summed E-state index contributed by atoms with van der Waals surface area (Å²) in [7, 11) is 0. The van der Waals surface area contributed by atoms with Gasteiger partial charge in [-0.25, -0.2) is 15.0 Å². The van der Waals surface area contributed by atoms with Crippen LogP contribution in [-0.4, -0.2) is 36.8 Å². The maximum atomic E-state index is 10.5.